The van der Waals surface area contributed by atoms with Gasteiger partial charge >= 0.3 is 6.18 Å². The van der Waals surface area contributed by atoms with Crippen LogP contribution in [0.2, 0.25) is 0 Å². The smallest absolute Gasteiger partial charge is 0.433 e. The van der Waals surface area contributed by atoms with Crippen molar-refractivity contribution in [3.8, 4) is 34.3 Å². The highest BCUT2D eigenvalue weighted by atomic mass is 19.4. The first-order chi connectivity index (χ1) is 16.8. The van der Waals surface area contributed by atoms with E-state index >= 15 is 0 Å². The van der Waals surface area contributed by atoms with E-state index in [0.717, 1.165) is 6.07 Å². The van der Waals surface area contributed by atoms with Crippen LogP contribution in [-0.2, 0) is 6.18 Å². The van der Waals surface area contributed by atoms with Crippen molar-refractivity contribution in [3.05, 3.63) is 59.9 Å². The number of methoxy groups -OCH3 is 2. The number of halogens is 3. The number of amides is 1. The summed E-state index contributed by atoms with van der Waals surface area (Å²) in [6, 6.07) is 11.4. The van der Waals surface area contributed by atoms with Crippen molar-refractivity contribution in [1.29, 1.82) is 0 Å². The number of rotatable bonds is 5. The van der Waals surface area contributed by atoms with E-state index in [4.69, 9.17) is 18.9 Å². The molecule has 2 aromatic heterocycles. The normalized spacial score (nSPS) is 12.6. The molecule has 0 unspecified atom stereocenters. The summed E-state index contributed by atoms with van der Waals surface area (Å²) in [6.07, 6.45) is -4.76. The predicted molar refractivity (Wildman–Crippen MR) is 117 cm³/mol. The van der Waals surface area contributed by atoms with Crippen molar-refractivity contribution < 1.29 is 36.9 Å². The standard InChI is InChI=1S/C23H17F3N4O5/c1-32-16-5-3-12(7-18(16)33-2)14-9-20(23(24,25)26)30-21(28-14)10-15(29-30)22(31)27-13-4-6-17-19(8-13)35-11-34-17/h3-10H,11H2,1-2H3,(H,27,31). The number of nitrogens with one attached hydrogen (secondary N) is 1. The van der Waals surface area contributed by atoms with E-state index in [1.165, 1.54) is 26.4 Å². The Morgan fingerprint density at radius 2 is 1.77 bits per heavy atom. The second-order valence-corrected chi connectivity index (χ2v) is 7.42. The number of fused-ring (bicyclic) bond motifs is 2. The lowest BCUT2D eigenvalue weighted by atomic mass is 10.1. The third-order valence-electron chi connectivity index (χ3n) is 5.26. The van der Waals surface area contributed by atoms with E-state index in [-0.39, 0.29) is 23.8 Å². The minimum atomic E-state index is -4.76. The number of anilines is 1. The van der Waals surface area contributed by atoms with E-state index in [9.17, 15) is 18.0 Å². The van der Waals surface area contributed by atoms with Gasteiger partial charge in [0.25, 0.3) is 5.91 Å². The maximum absolute atomic E-state index is 13.9. The molecule has 12 heteroatoms. The Hall–Kier alpha value is -4.48. The second-order valence-electron chi connectivity index (χ2n) is 7.42. The molecule has 0 bridgehead atoms. The van der Waals surface area contributed by atoms with Crippen molar-refractivity contribution >= 4 is 17.2 Å². The van der Waals surface area contributed by atoms with Crippen LogP contribution in [0.5, 0.6) is 23.0 Å². The van der Waals surface area contributed by atoms with Crippen molar-refractivity contribution in [2.24, 2.45) is 0 Å². The van der Waals surface area contributed by atoms with Gasteiger partial charge in [0.15, 0.2) is 40.0 Å². The first-order valence-electron chi connectivity index (χ1n) is 10.2. The molecular weight excluding hydrogens is 469 g/mol. The number of ether oxygens (including phenoxy) is 4. The monoisotopic (exact) mass is 486 g/mol. The maximum Gasteiger partial charge on any atom is 0.433 e. The van der Waals surface area contributed by atoms with Crippen LogP contribution >= 0.6 is 0 Å². The number of benzene rings is 2. The molecule has 0 spiro atoms. The van der Waals surface area contributed by atoms with E-state index in [0.29, 0.717) is 38.8 Å². The van der Waals surface area contributed by atoms with Gasteiger partial charge in [0, 0.05) is 23.4 Å². The Morgan fingerprint density at radius 1 is 1.00 bits per heavy atom. The van der Waals surface area contributed by atoms with E-state index in [1.54, 1.807) is 30.3 Å². The molecule has 1 aliphatic rings. The first-order valence-corrected chi connectivity index (χ1v) is 10.2. The zero-order chi connectivity index (χ0) is 24.7. The van der Waals surface area contributed by atoms with Gasteiger partial charge in [0.2, 0.25) is 6.79 Å². The Labute approximate surface area is 196 Å². The van der Waals surface area contributed by atoms with Gasteiger partial charge < -0.3 is 24.3 Å². The third kappa shape index (κ3) is 4.14. The summed E-state index contributed by atoms with van der Waals surface area (Å²) >= 11 is 0. The Balaban J connectivity index is 1.54. The van der Waals surface area contributed by atoms with Crippen LogP contribution in [0.15, 0.2) is 48.5 Å². The highest BCUT2D eigenvalue weighted by molar-refractivity contribution is 6.03. The van der Waals surface area contributed by atoms with Crippen molar-refractivity contribution in [2.75, 3.05) is 26.3 Å². The van der Waals surface area contributed by atoms with Crippen LogP contribution in [0.25, 0.3) is 16.9 Å². The number of aromatic nitrogens is 3. The molecule has 0 atom stereocenters. The number of carbonyl (C=O) groups excluding carboxylic acids is 1. The number of hydrogen-bond donors (Lipinski definition) is 1. The van der Waals surface area contributed by atoms with Gasteiger partial charge in [-0.25, -0.2) is 9.50 Å². The molecule has 0 saturated heterocycles. The molecular formula is C23H17F3N4O5. The summed E-state index contributed by atoms with van der Waals surface area (Å²) in [5.74, 6) is 1.00. The van der Waals surface area contributed by atoms with Gasteiger partial charge in [-0.15, -0.1) is 0 Å². The molecule has 0 saturated carbocycles. The van der Waals surface area contributed by atoms with Gasteiger partial charge in [-0.3, -0.25) is 4.79 Å². The summed E-state index contributed by atoms with van der Waals surface area (Å²) in [7, 11) is 2.87. The van der Waals surface area contributed by atoms with E-state index < -0.39 is 17.8 Å². The molecule has 1 amide bonds. The fraction of sp³-hybridized carbons (Fsp3) is 0.174. The molecule has 1 N–H and O–H groups in total. The number of nitrogens with zero attached hydrogens (tertiary/aromatic N) is 3. The SMILES string of the molecule is COc1ccc(-c2cc(C(F)(F)F)n3nc(C(=O)Nc4ccc5c(c4)OCO5)cc3n2)cc1OC. The van der Waals surface area contributed by atoms with Crippen molar-refractivity contribution in [3.63, 3.8) is 0 Å². The van der Waals surface area contributed by atoms with Crippen LogP contribution in [-0.4, -0.2) is 41.5 Å². The van der Waals surface area contributed by atoms with Gasteiger partial charge in [-0.1, -0.05) is 0 Å². The van der Waals surface area contributed by atoms with Gasteiger partial charge in [0.05, 0.1) is 19.9 Å². The number of alkyl halides is 3. The van der Waals surface area contributed by atoms with Crippen LogP contribution in [0.4, 0.5) is 18.9 Å². The molecule has 1 aliphatic heterocycles. The summed E-state index contributed by atoms with van der Waals surface area (Å²) in [5.41, 5.74) is -0.733. The fourth-order valence-electron chi connectivity index (χ4n) is 3.60. The highest BCUT2D eigenvalue weighted by Gasteiger charge is 2.36. The first kappa shape index (κ1) is 22.3. The number of hydrogen-bond acceptors (Lipinski definition) is 7. The Morgan fingerprint density at radius 3 is 2.51 bits per heavy atom. The zero-order valence-electron chi connectivity index (χ0n) is 18.3. The molecule has 3 heterocycles. The minimum Gasteiger partial charge on any atom is -0.493 e. The molecule has 5 rings (SSSR count). The van der Waals surface area contributed by atoms with Gasteiger partial charge in [-0.05, 0) is 36.4 Å². The lowest BCUT2D eigenvalue weighted by Crippen LogP contribution is -2.15. The van der Waals surface area contributed by atoms with E-state index in [1.807, 2.05) is 0 Å². The molecule has 0 fully saturated rings. The third-order valence-corrected chi connectivity index (χ3v) is 5.26. The fourth-order valence-corrected chi connectivity index (χ4v) is 3.60. The van der Waals surface area contributed by atoms with Crippen LogP contribution in [0.3, 0.4) is 0 Å². The topological polar surface area (TPSA) is 96.2 Å². The van der Waals surface area contributed by atoms with Crippen molar-refractivity contribution in [2.45, 2.75) is 6.18 Å². The van der Waals surface area contributed by atoms with Crippen LogP contribution in [0, 0.1) is 0 Å². The van der Waals surface area contributed by atoms with Crippen LogP contribution in [0.1, 0.15) is 16.2 Å². The summed E-state index contributed by atoms with van der Waals surface area (Å²) in [4.78, 5) is 17.1. The van der Waals surface area contributed by atoms with Gasteiger partial charge in [-0.2, -0.15) is 18.3 Å². The minimum absolute atomic E-state index is 0.0217. The molecule has 9 nitrogen and oxygen atoms in total. The second kappa shape index (κ2) is 8.38. The lowest BCUT2D eigenvalue weighted by Gasteiger charge is -2.12. The molecule has 2 aromatic carbocycles. The average Bonchev–Trinajstić information content (AvgIpc) is 3.48. The van der Waals surface area contributed by atoms with Gasteiger partial charge in [0.1, 0.15) is 0 Å². The Bertz CT molecular complexity index is 1450. The molecule has 0 aliphatic carbocycles. The largest absolute Gasteiger partial charge is 0.493 e. The Kier molecular flexibility index (Phi) is 5.35. The summed E-state index contributed by atoms with van der Waals surface area (Å²) in [5, 5.41) is 6.46. The quantitative estimate of drug-likeness (QED) is 0.446. The van der Waals surface area contributed by atoms with Crippen molar-refractivity contribution in [1.82, 2.24) is 14.6 Å². The number of carbonyl (C=O) groups is 1. The summed E-state index contributed by atoms with van der Waals surface area (Å²) < 4.78 is 63.2. The van der Waals surface area contributed by atoms with Crippen LogP contribution < -0.4 is 24.3 Å². The molecule has 180 valence electrons. The maximum atomic E-state index is 13.9. The predicted octanol–water partition coefficient (Wildman–Crippen LogP) is 4.41. The summed E-state index contributed by atoms with van der Waals surface area (Å²) in [6.45, 7) is 0.0630. The highest BCUT2D eigenvalue weighted by Crippen LogP contribution is 2.36. The molecule has 0 radical (unpaired) electrons. The average molecular weight is 486 g/mol. The molecule has 4 aromatic rings. The van der Waals surface area contributed by atoms with E-state index in [2.05, 4.69) is 15.4 Å². The zero-order valence-corrected chi connectivity index (χ0v) is 18.3. The lowest BCUT2D eigenvalue weighted by molar-refractivity contribution is -0.142. The molecule has 35 heavy (non-hydrogen) atoms.